The Morgan fingerprint density at radius 1 is 1.14 bits per heavy atom. The third-order valence-electron chi connectivity index (χ3n) is 2.92. The molecule has 0 bridgehead atoms. The van der Waals surface area contributed by atoms with E-state index >= 15 is 0 Å². The van der Waals surface area contributed by atoms with E-state index in [-0.39, 0.29) is 11.8 Å². The van der Waals surface area contributed by atoms with Crippen molar-refractivity contribution in [1.82, 2.24) is 15.8 Å². The SMILES string of the molecule is CC(=O)NCCNC(=O)c1c(-c2ccccc2)noc1C. The number of aryl methyl sites for hydroxylation is 1. The summed E-state index contributed by atoms with van der Waals surface area (Å²) in [5.41, 5.74) is 1.76. The lowest BCUT2D eigenvalue weighted by molar-refractivity contribution is -0.118. The van der Waals surface area contributed by atoms with Gasteiger partial charge in [0.25, 0.3) is 5.91 Å². The van der Waals surface area contributed by atoms with Crippen LogP contribution in [0.25, 0.3) is 11.3 Å². The summed E-state index contributed by atoms with van der Waals surface area (Å²) in [6.45, 7) is 3.85. The smallest absolute Gasteiger partial charge is 0.257 e. The van der Waals surface area contributed by atoms with Crippen LogP contribution < -0.4 is 10.6 Å². The van der Waals surface area contributed by atoms with Crippen LogP contribution in [-0.2, 0) is 4.79 Å². The van der Waals surface area contributed by atoms with Gasteiger partial charge in [0.1, 0.15) is 17.0 Å². The highest BCUT2D eigenvalue weighted by Gasteiger charge is 2.20. The molecule has 2 N–H and O–H groups in total. The molecule has 1 heterocycles. The summed E-state index contributed by atoms with van der Waals surface area (Å²) in [4.78, 5) is 23.0. The molecule has 0 radical (unpaired) electrons. The highest BCUT2D eigenvalue weighted by molar-refractivity contribution is 6.00. The van der Waals surface area contributed by atoms with Crippen LogP contribution in [0.2, 0.25) is 0 Å². The predicted octanol–water partition coefficient (Wildman–Crippen LogP) is 1.52. The van der Waals surface area contributed by atoms with Crippen LogP contribution in [0.4, 0.5) is 0 Å². The van der Waals surface area contributed by atoms with Crippen molar-refractivity contribution in [3.63, 3.8) is 0 Å². The Balaban J connectivity index is 2.11. The van der Waals surface area contributed by atoms with Gasteiger partial charge >= 0.3 is 0 Å². The van der Waals surface area contributed by atoms with Crippen LogP contribution in [0.15, 0.2) is 34.9 Å². The average Bonchev–Trinajstić information content (AvgIpc) is 2.86. The van der Waals surface area contributed by atoms with Gasteiger partial charge in [0.15, 0.2) is 0 Å². The van der Waals surface area contributed by atoms with Gasteiger partial charge in [0, 0.05) is 25.6 Å². The third kappa shape index (κ3) is 3.68. The Hall–Kier alpha value is -2.63. The van der Waals surface area contributed by atoms with E-state index in [4.69, 9.17) is 4.52 Å². The summed E-state index contributed by atoms with van der Waals surface area (Å²) >= 11 is 0. The monoisotopic (exact) mass is 287 g/mol. The first-order valence-corrected chi connectivity index (χ1v) is 6.64. The van der Waals surface area contributed by atoms with Crippen LogP contribution in [0.5, 0.6) is 0 Å². The summed E-state index contributed by atoms with van der Waals surface area (Å²) in [6.07, 6.45) is 0. The number of nitrogens with zero attached hydrogens (tertiary/aromatic N) is 1. The standard InChI is InChI=1S/C15H17N3O3/c1-10-13(15(20)17-9-8-16-11(2)19)14(18-21-10)12-6-4-3-5-7-12/h3-7H,8-9H2,1-2H3,(H,16,19)(H,17,20). The van der Waals surface area contributed by atoms with Gasteiger partial charge in [0.05, 0.1) is 0 Å². The Labute approximate surface area is 122 Å². The van der Waals surface area contributed by atoms with Crippen molar-refractivity contribution in [2.24, 2.45) is 0 Å². The van der Waals surface area contributed by atoms with Gasteiger partial charge in [-0.05, 0) is 6.92 Å². The Morgan fingerprint density at radius 2 is 1.81 bits per heavy atom. The molecular formula is C15H17N3O3. The number of rotatable bonds is 5. The van der Waals surface area contributed by atoms with E-state index in [1.165, 1.54) is 6.92 Å². The Bertz CT molecular complexity index is 635. The van der Waals surface area contributed by atoms with Crippen LogP contribution >= 0.6 is 0 Å². The molecular weight excluding hydrogens is 270 g/mol. The fraction of sp³-hybridized carbons (Fsp3) is 0.267. The maximum absolute atomic E-state index is 12.2. The van der Waals surface area contributed by atoms with E-state index < -0.39 is 0 Å². The average molecular weight is 287 g/mol. The second kappa shape index (κ2) is 6.69. The molecule has 2 rings (SSSR count). The Kier molecular flexibility index (Phi) is 4.71. The molecule has 110 valence electrons. The molecule has 0 saturated carbocycles. The van der Waals surface area contributed by atoms with Crippen LogP contribution in [-0.4, -0.2) is 30.1 Å². The number of carbonyl (C=O) groups excluding carboxylic acids is 2. The van der Waals surface area contributed by atoms with Crippen molar-refractivity contribution >= 4 is 11.8 Å². The van der Waals surface area contributed by atoms with E-state index in [9.17, 15) is 9.59 Å². The molecule has 1 aromatic carbocycles. The van der Waals surface area contributed by atoms with Crippen molar-refractivity contribution < 1.29 is 14.1 Å². The fourth-order valence-electron chi connectivity index (χ4n) is 1.94. The highest BCUT2D eigenvalue weighted by atomic mass is 16.5. The van der Waals surface area contributed by atoms with Crippen molar-refractivity contribution in [2.45, 2.75) is 13.8 Å². The number of amides is 2. The van der Waals surface area contributed by atoms with Crippen molar-refractivity contribution in [3.05, 3.63) is 41.7 Å². The van der Waals surface area contributed by atoms with Gasteiger partial charge in [-0.15, -0.1) is 0 Å². The minimum Gasteiger partial charge on any atom is -0.360 e. The molecule has 0 aliphatic rings. The number of carbonyl (C=O) groups is 2. The van der Waals surface area contributed by atoms with Crippen molar-refractivity contribution in [3.8, 4) is 11.3 Å². The minimum atomic E-state index is -0.266. The lowest BCUT2D eigenvalue weighted by Crippen LogP contribution is -2.33. The van der Waals surface area contributed by atoms with E-state index in [1.54, 1.807) is 6.92 Å². The molecule has 0 fully saturated rings. The van der Waals surface area contributed by atoms with Crippen LogP contribution in [0.1, 0.15) is 23.0 Å². The molecule has 0 saturated heterocycles. The van der Waals surface area contributed by atoms with Crippen molar-refractivity contribution in [1.29, 1.82) is 0 Å². The number of hydrogen-bond acceptors (Lipinski definition) is 4. The van der Waals surface area contributed by atoms with E-state index in [1.807, 2.05) is 30.3 Å². The quantitative estimate of drug-likeness (QED) is 0.816. The molecule has 1 aromatic heterocycles. The van der Waals surface area contributed by atoms with E-state index in [0.29, 0.717) is 30.1 Å². The zero-order valence-corrected chi connectivity index (χ0v) is 12.0. The molecule has 0 unspecified atom stereocenters. The fourth-order valence-corrected chi connectivity index (χ4v) is 1.94. The van der Waals surface area contributed by atoms with Gasteiger partial charge in [-0.2, -0.15) is 0 Å². The highest BCUT2D eigenvalue weighted by Crippen LogP contribution is 2.24. The number of nitrogens with one attached hydrogen (secondary N) is 2. The molecule has 6 nitrogen and oxygen atoms in total. The molecule has 0 aliphatic heterocycles. The van der Waals surface area contributed by atoms with Crippen LogP contribution in [0.3, 0.4) is 0 Å². The van der Waals surface area contributed by atoms with Crippen LogP contribution in [0, 0.1) is 6.92 Å². The van der Waals surface area contributed by atoms with Crippen molar-refractivity contribution in [2.75, 3.05) is 13.1 Å². The van der Waals surface area contributed by atoms with Gasteiger partial charge in [0.2, 0.25) is 5.91 Å². The molecule has 21 heavy (non-hydrogen) atoms. The first kappa shape index (κ1) is 14.8. The second-order valence-corrected chi connectivity index (χ2v) is 4.57. The second-order valence-electron chi connectivity index (χ2n) is 4.57. The molecule has 2 aromatic rings. The number of benzene rings is 1. The number of hydrogen-bond donors (Lipinski definition) is 2. The minimum absolute atomic E-state index is 0.129. The first-order valence-electron chi connectivity index (χ1n) is 6.64. The van der Waals surface area contributed by atoms with Gasteiger partial charge in [-0.25, -0.2) is 0 Å². The van der Waals surface area contributed by atoms with Gasteiger partial charge in [-0.1, -0.05) is 35.5 Å². The molecule has 2 amide bonds. The predicted molar refractivity (Wildman–Crippen MR) is 77.7 cm³/mol. The lowest BCUT2D eigenvalue weighted by atomic mass is 10.1. The molecule has 0 spiro atoms. The summed E-state index contributed by atoms with van der Waals surface area (Å²) in [5.74, 6) is 0.0687. The summed E-state index contributed by atoms with van der Waals surface area (Å²) in [5, 5.41) is 9.31. The first-order chi connectivity index (χ1) is 10.1. The third-order valence-corrected chi connectivity index (χ3v) is 2.92. The largest absolute Gasteiger partial charge is 0.360 e. The van der Waals surface area contributed by atoms with Gasteiger partial charge < -0.3 is 15.2 Å². The zero-order valence-electron chi connectivity index (χ0n) is 12.0. The Morgan fingerprint density at radius 3 is 2.48 bits per heavy atom. The maximum Gasteiger partial charge on any atom is 0.257 e. The molecule has 6 heteroatoms. The topological polar surface area (TPSA) is 84.2 Å². The van der Waals surface area contributed by atoms with Gasteiger partial charge in [-0.3, -0.25) is 9.59 Å². The maximum atomic E-state index is 12.2. The van der Waals surface area contributed by atoms with E-state index in [0.717, 1.165) is 5.56 Å². The molecule has 0 atom stereocenters. The zero-order chi connectivity index (χ0) is 15.2. The summed E-state index contributed by atoms with van der Waals surface area (Å²) in [6, 6.07) is 9.37. The normalized spacial score (nSPS) is 10.2. The molecule has 0 aliphatic carbocycles. The summed E-state index contributed by atoms with van der Waals surface area (Å²) in [7, 11) is 0. The number of aromatic nitrogens is 1. The lowest BCUT2D eigenvalue weighted by Gasteiger charge is -2.06. The summed E-state index contributed by atoms with van der Waals surface area (Å²) < 4.78 is 5.14. The van der Waals surface area contributed by atoms with E-state index in [2.05, 4.69) is 15.8 Å².